The van der Waals surface area contributed by atoms with E-state index in [4.69, 9.17) is 0 Å². The second-order valence-corrected chi connectivity index (χ2v) is 5.31. The molecule has 1 unspecified atom stereocenters. The molecule has 84 valence electrons. The van der Waals surface area contributed by atoms with Gasteiger partial charge < -0.3 is 0 Å². The van der Waals surface area contributed by atoms with Crippen molar-refractivity contribution < 1.29 is 21.4 Å². The van der Waals surface area contributed by atoms with E-state index >= 15 is 0 Å². The van der Waals surface area contributed by atoms with Gasteiger partial charge in [-0.3, -0.25) is 4.18 Å². The van der Waals surface area contributed by atoms with E-state index in [1.54, 1.807) is 0 Å². The smallest absolute Gasteiger partial charge is 0.264 e. The van der Waals surface area contributed by atoms with Crippen molar-refractivity contribution in [1.29, 1.82) is 0 Å². The Morgan fingerprint density at radius 3 is 2.57 bits per heavy atom. The second kappa shape index (κ2) is 4.10. The van der Waals surface area contributed by atoms with Crippen molar-refractivity contribution in [3.8, 4) is 0 Å². The van der Waals surface area contributed by atoms with Crippen LogP contribution in [-0.4, -0.2) is 27.2 Å². The molecule has 6 heteroatoms. The highest BCUT2D eigenvalue weighted by molar-refractivity contribution is 7.85. The average molecular weight is 228 g/mol. The van der Waals surface area contributed by atoms with Gasteiger partial charge in [-0.2, -0.15) is 8.42 Å². The highest BCUT2D eigenvalue weighted by Gasteiger charge is 2.43. The first kappa shape index (κ1) is 11.8. The fraction of sp³-hybridized carbons (Fsp3) is 1.00. The molecule has 0 aromatic carbocycles. The number of halogens is 2. The second-order valence-electron chi connectivity index (χ2n) is 3.66. The van der Waals surface area contributed by atoms with E-state index in [9.17, 15) is 17.2 Å². The lowest BCUT2D eigenvalue weighted by Crippen LogP contribution is -2.23. The predicted molar refractivity (Wildman–Crippen MR) is 47.7 cm³/mol. The Kier molecular flexibility index (Phi) is 3.47. The standard InChI is InChI=1S/C8H14F2O3S/c1-14(11,12)13-6-4-7-3-2-5-8(7,9)10/h7H,2-6H2,1H3. The molecule has 1 fully saturated rings. The van der Waals surface area contributed by atoms with Crippen LogP contribution >= 0.6 is 0 Å². The quantitative estimate of drug-likeness (QED) is 0.689. The molecule has 0 aromatic heterocycles. The summed E-state index contributed by atoms with van der Waals surface area (Å²) in [6.45, 7) is -0.140. The number of rotatable bonds is 4. The van der Waals surface area contributed by atoms with E-state index in [1.165, 1.54) is 0 Å². The normalized spacial score (nSPS) is 26.6. The molecule has 1 atom stereocenters. The molecule has 1 aliphatic carbocycles. The molecule has 14 heavy (non-hydrogen) atoms. The lowest BCUT2D eigenvalue weighted by molar-refractivity contribution is -0.0426. The largest absolute Gasteiger partial charge is 0.270 e. The molecule has 0 spiro atoms. The third kappa shape index (κ3) is 3.49. The SMILES string of the molecule is CS(=O)(=O)OCCC1CCCC1(F)F. The van der Waals surface area contributed by atoms with Crippen LogP contribution < -0.4 is 0 Å². The molecule has 0 N–H and O–H groups in total. The van der Waals surface area contributed by atoms with Crippen LogP contribution in [0, 0.1) is 5.92 Å². The minimum atomic E-state index is -3.50. The minimum Gasteiger partial charge on any atom is -0.270 e. The Hall–Kier alpha value is -0.230. The van der Waals surface area contributed by atoms with Gasteiger partial charge in [0.05, 0.1) is 12.9 Å². The van der Waals surface area contributed by atoms with Crippen molar-refractivity contribution in [1.82, 2.24) is 0 Å². The summed E-state index contributed by atoms with van der Waals surface area (Å²) < 4.78 is 51.6. The third-order valence-electron chi connectivity index (χ3n) is 2.42. The third-order valence-corrected chi connectivity index (χ3v) is 3.02. The lowest BCUT2D eigenvalue weighted by atomic mass is 10.0. The van der Waals surface area contributed by atoms with Crippen molar-refractivity contribution in [3.63, 3.8) is 0 Å². The van der Waals surface area contributed by atoms with Crippen molar-refractivity contribution in [2.75, 3.05) is 12.9 Å². The highest BCUT2D eigenvalue weighted by atomic mass is 32.2. The van der Waals surface area contributed by atoms with Gasteiger partial charge in [-0.1, -0.05) is 0 Å². The summed E-state index contributed by atoms with van der Waals surface area (Å²) in [4.78, 5) is 0. The number of alkyl halides is 2. The fourth-order valence-electron chi connectivity index (χ4n) is 1.70. The zero-order valence-corrected chi connectivity index (χ0v) is 8.82. The molecule has 1 saturated carbocycles. The maximum Gasteiger partial charge on any atom is 0.264 e. The van der Waals surface area contributed by atoms with Crippen LogP contribution in [-0.2, 0) is 14.3 Å². The Morgan fingerprint density at radius 1 is 1.50 bits per heavy atom. The number of hydrogen-bond acceptors (Lipinski definition) is 3. The molecule has 0 saturated heterocycles. The Balaban J connectivity index is 2.32. The summed E-state index contributed by atoms with van der Waals surface area (Å²) in [7, 11) is -3.50. The van der Waals surface area contributed by atoms with E-state index in [-0.39, 0.29) is 19.4 Å². The minimum absolute atomic E-state index is 0.0868. The van der Waals surface area contributed by atoms with Crippen LogP contribution in [0.5, 0.6) is 0 Å². The van der Waals surface area contributed by atoms with Gasteiger partial charge in [0.2, 0.25) is 0 Å². The maximum atomic E-state index is 13.0. The summed E-state index contributed by atoms with van der Waals surface area (Å²) in [6.07, 6.45) is 1.91. The molecule has 0 heterocycles. The average Bonchev–Trinajstić information content (AvgIpc) is 2.28. The molecular weight excluding hydrogens is 214 g/mol. The fourth-order valence-corrected chi connectivity index (χ4v) is 2.10. The summed E-state index contributed by atoms with van der Waals surface area (Å²) in [6, 6.07) is 0. The van der Waals surface area contributed by atoms with Gasteiger partial charge in [0.15, 0.2) is 0 Å². The molecule has 0 aliphatic heterocycles. The first-order valence-corrected chi connectivity index (χ1v) is 6.35. The van der Waals surface area contributed by atoms with Crippen molar-refractivity contribution >= 4 is 10.1 Å². The van der Waals surface area contributed by atoms with Crippen LogP contribution in [0.3, 0.4) is 0 Å². The van der Waals surface area contributed by atoms with Crippen molar-refractivity contribution in [2.45, 2.75) is 31.6 Å². The summed E-state index contributed by atoms with van der Waals surface area (Å²) in [5, 5.41) is 0. The van der Waals surface area contributed by atoms with Gasteiger partial charge >= 0.3 is 0 Å². The van der Waals surface area contributed by atoms with Crippen molar-refractivity contribution in [3.05, 3.63) is 0 Å². The topological polar surface area (TPSA) is 43.4 Å². The Labute approximate surface area is 82.6 Å². The number of hydrogen-bond donors (Lipinski definition) is 0. The summed E-state index contributed by atoms with van der Waals surface area (Å²) in [5.74, 6) is -3.36. The molecule has 1 aliphatic rings. The first-order valence-electron chi connectivity index (χ1n) is 4.53. The molecule has 0 radical (unpaired) electrons. The van der Waals surface area contributed by atoms with Crippen molar-refractivity contribution in [2.24, 2.45) is 5.92 Å². The Bertz CT molecular complexity index is 287. The Morgan fingerprint density at radius 2 is 2.14 bits per heavy atom. The maximum absolute atomic E-state index is 13.0. The molecule has 0 aromatic rings. The predicted octanol–water partition coefficient (Wildman–Crippen LogP) is 1.79. The lowest BCUT2D eigenvalue weighted by Gasteiger charge is -2.18. The van der Waals surface area contributed by atoms with Gasteiger partial charge in [-0.05, 0) is 19.3 Å². The van der Waals surface area contributed by atoms with Gasteiger partial charge in [0, 0.05) is 12.3 Å². The molecular formula is C8H14F2O3S. The van der Waals surface area contributed by atoms with Crippen LogP contribution in [0.2, 0.25) is 0 Å². The first-order chi connectivity index (χ1) is 6.31. The zero-order valence-electron chi connectivity index (χ0n) is 8.00. The summed E-state index contributed by atoms with van der Waals surface area (Å²) in [5.41, 5.74) is 0. The van der Waals surface area contributed by atoms with Gasteiger partial charge in [0.1, 0.15) is 0 Å². The molecule has 3 nitrogen and oxygen atoms in total. The van der Waals surface area contributed by atoms with E-state index in [2.05, 4.69) is 4.18 Å². The van der Waals surface area contributed by atoms with E-state index in [1.807, 2.05) is 0 Å². The van der Waals surface area contributed by atoms with E-state index in [0.29, 0.717) is 12.8 Å². The summed E-state index contributed by atoms with van der Waals surface area (Å²) >= 11 is 0. The van der Waals surface area contributed by atoms with Gasteiger partial charge in [0.25, 0.3) is 16.0 Å². The highest BCUT2D eigenvalue weighted by Crippen LogP contribution is 2.42. The van der Waals surface area contributed by atoms with Crippen LogP contribution in [0.25, 0.3) is 0 Å². The van der Waals surface area contributed by atoms with Gasteiger partial charge in [-0.25, -0.2) is 8.78 Å². The van der Waals surface area contributed by atoms with E-state index in [0.717, 1.165) is 6.26 Å². The van der Waals surface area contributed by atoms with Crippen LogP contribution in [0.1, 0.15) is 25.7 Å². The van der Waals surface area contributed by atoms with Gasteiger partial charge in [-0.15, -0.1) is 0 Å². The molecule has 1 rings (SSSR count). The van der Waals surface area contributed by atoms with Crippen LogP contribution in [0.4, 0.5) is 8.78 Å². The van der Waals surface area contributed by atoms with E-state index < -0.39 is 22.0 Å². The van der Waals surface area contributed by atoms with Crippen LogP contribution in [0.15, 0.2) is 0 Å². The zero-order chi connectivity index (χ0) is 10.8. The monoisotopic (exact) mass is 228 g/mol. The molecule has 0 amide bonds. The molecule has 0 bridgehead atoms.